The van der Waals surface area contributed by atoms with Gasteiger partial charge in [-0.05, 0) is 83.3 Å². The van der Waals surface area contributed by atoms with Gasteiger partial charge in [-0.3, -0.25) is 0 Å². The Bertz CT molecular complexity index is 553. The average Bonchev–Trinajstić information content (AvgIpc) is 2.80. The minimum Gasteiger partial charge on any atom is -0.306 e. The van der Waals surface area contributed by atoms with Gasteiger partial charge in [-0.25, -0.2) is 0 Å². The van der Waals surface area contributed by atoms with E-state index >= 15 is 0 Å². The van der Waals surface area contributed by atoms with Crippen LogP contribution < -0.4 is 5.32 Å². The molecule has 0 aliphatic carbocycles. The molecule has 102 valence electrons. The van der Waals surface area contributed by atoms with Crippen molar-refractivity contribution in [1.82, 2.24) is 5.32 Å². The standard InChI is InChI=1S/C15H17ClINS/c1-3-6-18-15(11-7-10(2)19-9-11)13-8-12(16)4-5-14(13)17/h4-5,7-9,15,18H,3,6H2,1-2H3. The zero-order valence-corrected chi connectivity index (χ0v) is 14.8. The van der Waals surface area contributed by atoms with E-state index in [1.165, 1.54) is 19.6 Å². The van der Waals surface area contributed by atoms with Gasteiger partial charge in [0.25, 0.3) is 0 Å². The number of rotatable bonds is 5. The highest BCUT2D eigenvalue weighted by Gasteiger charge is 2.17. The molecule has 0 radical (unpaired) electrons. The van der Waals surface area contributed by atoms with Crippen molar-refractivity contribution in [2.24, 2.45) is 0 Å². The van der Waals surface area contributed by atoms with E-state index < -0.39 is 0 Å². The topological polar surface area (TPSA) is 12.0 Å². The van der Waals surface area contributed by atoms with Crippen LogP contribution in [-0.2, 0) is 0 Å². The third-order valence-corrected chi connectivity index (χ3v) is 5.05. The van der Waals surface area contributed by atoms with E-state index in [0.29, 0.717) is 0 Å². The summed E-state index contributed by atoms with van der Waals surface area (Å²) < 4.78 is 1.25. The molecule has 0 amide bonds. The number of nitrogens with one attached hydrogen (secondary N) is 1. The number of hydrogen-bond donors (Lipinski definition) is 1. The van der Waals surface area contributed by atoms with Gasteiger partial charge in [-0.1, -0.05) is 18.5 Å². The number of hydrogen-bond acceptors (Lipinski definition) is 2. The number of benzene rings is 1. The first-order valence-electron chi connectivity index (χ1n) is 6.35. The minimum atomic E-state index is 0.232. The molecule has 0 aliphatic rings. The maximum absolute atomic E-state index is 6.16. The molecule has 19 heavy (non-hydrogen) atoms. The van der Waals surface area contributed by atoms with E-state index in [0.717, 1.165) is 18.0 Å². The Balaban J connectivity index is 2.39. The SMILES string of the molecule is CCCNC(c1csc(C)c1)c1cc(Cl)ccc1I. The summed E-state index contributed by atoms with van der Waals surface area (Å²) in [5.41, 5.74) is 2.59. The van der Waals surface area contributed by atoms with Crippen molar-refractivity contribution in [3.8, 4) is 0 Å². The van der Waals surface area contributed by atoms with Gasteiger partial charge in [0.1, 0.15) is 0 Å². The molecule has 1 nitrogen and oxygen atoms in total. The van der Waals surface area contributed by atoms with E-state index in [1.54, 1.807) is 11.3 Å². The highest BCUT2D eigenvalue weighted by molar-refractivity contribution is 14.1. The lowest BCUT2D eigenvalue weighted by Crippen LogP contribution is -2.23. The van der Waals surface area contributed by atoms with Crippen LogP contribution in [0.25, 0.3) is 0 Å². The second-order valence-electron chi connectivity index (χ2n) is 4.54. The fourth-order valence-corrected chi connectivity index (χ4v) is 3.60. The average molecular weight is 406 g/mol. The number of aryl methyl sites for hydroxylation is 1. The predicted octanol–water partition coefficient (Wildman–Crippen LogP) is 5.40. The second-order valence-corrected chi connectivity index (χ2v) is 7.26. The molecule has 0 fully saturated rings. The van der Waals surface area contributed by atoms with Crippen molar-refractivity contribution in [3.05, 3.63) is 54.2 Å². The molecule has 4 heteroatoms. The van der Waals surface area contributed by atoms with Gasteiger partial charge in [-0.15, -0.1) is 11.3 Å². The Labute approximate surface area is 137 Å². The molecule has 0 bridgehead atoms. The lowest BCUT2D eigenvalue weighted by atomic mass is 10.0. The summed E-state index contributed by atoms with van der Waals surface area (Å²) in [5, 5.41) is 6.66. The fraction of sp³-hybridized carbons (Fsp3) is 0.333. The molecular formula is C15H17ClINS. The minimum absolute atomic E-state index is 0.232. The fourth-order valence-electron chi connectivity index (χ4n) is 2.05. The molecule has 1 aromatic carbocycles. The third-order valence-electron chi connectivity index (χ3n) is 2.95. The van der Waals surface area contributed by atoms with E-state index in [9.17, 15) is 0 Å². The highest BCUT2D eigenvalue weighted by Crippen LogP contribution is 2.31. The van der Waals surface area contributed by atoms with Crippen molar-refractivity contribution in [2.45, 2.75) is 26.3 Å². The van der Waals surface area contributed by atoms with Crippen molar-refractivity contribution in [3.63, 3.8) is 0 Å². The van der Waals surface area contributed by atoms with Crippen LogP contribution >= 0.6 is 45.5 Å². The van der Waals surface area contributed by atoms with Crippen molar-refractivity contribution in [1.29, 1.82) is 0 Å². The van der Waals surface area contributed by atoms with Gasteiger partial charge in [-0.2, -0.15) is 0 Å². The summed E-state index contributed by atoms with van der Waals surface area (Å²) in [4.78, 5) is 1.34. The lowest BCUT2D eigenvalue weighted by molar-refractivity contribution is 0.598. The first kappa shape index (κ1) is 15.3. The van der Waals surface area contributed by atoms with Crippen LogP contribution in [0.2, 0.25) is 5.02 Å². The van der Waals surface area contributed by atoms with Crippen molar-refractivity contribution >= 4 is 45.5 Å². The normalized spacial score (nSPS) is 12.6. The quantitative estimate of drug-likeness (QED) is 0.656. The van der Waals surface area contributed by atoms with Gasteiger partial charge in [0.15, 0.2) is 0 Å². The highest BCUT2D eigenvalue weighted by atomic mass is 127. The zero-order valence-electron chi connectivity index (χ0n) is 11.0. The van der Waals surface area contributed by atoms with Gasteiger partial charge in [0, 0.05) is 13.5 Å². The van der Waals surface area contributed by atoms with Crippen LogP contribution in [-0.4, -0.2) is 6.54 Å². The molecule has 2 rings (SSSR count). The van der Waals surface area contributed by atoms with Crippen LogP contribution in [0.4, 0.5) is 0 Å². The van der Waals surface area contributed by atoms with Crippen LogP contribution in [0, 0.1) is 10.5 Å². The molecule has 1 N–H and O–H groups in total. The maximum atomic E-state index is 6.16. The zero-order chi connectivity index (χ0) is 13.8. The van der Waals surface area contributed by atoms with Crippen LogP contribution in [0.3, 0.4) is 0 Å². The molecule has 0 aliphatic heterocycles. The smallest absolute Gasteiger partial charge is 0.0596 e. The Morgan fingerprint density at radius 2 is 2.16 bits per heavy atom. The molecular weight excluding hydrogens is 389 g/mol. The van der Waals surface area contributed by atoms with Crippen molar-refractivity contribution < 1.29 is 0 Å². The summed E-state index contributed by atoms with van der Waals surface area (Å²) in [6.45, 7) is 5.34. The van der Waals surface area contributed by atoms with E-state index in [4.69, 9.17) is 11.6 Å². The van der Waals surface area contributed by atoms with Gasteiger partial charge < -0.3 is 5.32 Å². The molecule has 0 saturated carbocycles. The van der Waals surface area contributed by atoms with E-state index in [-0.39, 0.29) is 6.04 Å². The van der Waals surface area contributed by atoms with E-state index in [1.807, 2.05) is 6.07 Å². The largest absolute Gasteiger partial charge is 0.306 e. The Kier molecular flexibility index (Phi) is 5.69. The molecule has 1 unspecified atom stereocenters. The Hall–Kier alpha value is -0.100. The number of halogens is 2. The second kappa shape index (κ2) is 7.07. The lowest BCUT2D eigenvalue weighted by Gasteiger charge is -2.20. The number of thiophene rings is 1. The van der Waals surface area contributed by atoms with Gasteiger partial charge in [0.05, 0.1) is 6.04 Å². The van der Waals surface area contributed by atoms with Gasteiger partial charge >= 0.3 is 0 Å². The molecule has 0 spiro atoms. The molecule has 0 saturated heterocycles. The monoisotopic (exact) mass is 405 g/mol. The maximum Gasteiger partial charge on any atom is 0.0596 e. The van der Waals surface area contributed by atoms with Crippen molar-refractivity contribution in [2.75, 3.05) is 6.54 Å². The van der Waals surface area contributed by atoms with Crippen LogP contribution in [0.1, 0.15) is 35.4 Å². The molecule has 2 aromatic rings. The molecule has 1 atom stereocenters. The summed E-state index contributed by atoms with van der Waals surface area (Å²) in [7, 11) is 0. The first-order chi connectivity index (χ1) is 9.11. The summed E-state index contributed by atoms with van der Waals surface area (Å²) in [5.74, 6) is 0. The van der Waals surface area contributed by atoms with Crippen LogP contribution in [0.5, 0.6) is 0 Å². The van der Waals surface area contributed by atoms with Crippen LogP contribution in [0.15, 0.2) is 29.6 Å². The summed E-state index contributed by atoms with van der Waals surface area (Å²) in [6, 6.07) is 8.59. The predicted molar refractivity (Wildman–Crippen MR) is 93.4 cm³/mol. The molecule has 1 aromatic heterocycles. The summed E-state index contributed by atoms with van der Waals surface area (Å²) in [6.07, 6.45) is 1.12. The summed E-state index contributed by atoms with van der Waals surface area (Å²) >= 11 is 10.3. The molecule has 1 heterocycles. The van der Waals surface area contributed by atoms with E-state index in [2.05, 4.69) is 65.3 Å². The van der Waals surface area contributed by atoms with Gasteiger partial charge in [0.2, 0.25) is 0 Å². The Morgan fingerprint density at radius 3 is 2.79 bits per heavy atom. The third kappa shape index (κ3) is 3.94. The Morgan fingerprint density at radius 1 is 1.37 bits per heavy atom. The first-order valence-corrected chi connectivity index (χ1v) is 8.68.